The Morgan fingerprint density at radius 1 is 1.16 bits per heavy atom. The molecule has 0 amide bonds. The molecular formula is C16H27FN2. The van der Waals surface area contributed by atoms with Crippen LogP contribution < -0.4 is 11.1 Å². The number of rotatable bonds is 9. The number of nitrogens with two attached hydrogens (primary N) is 1. The molecule has 1 aromatic rings. The normalized spacial score (nSPS) is 11.2. The number of anilines is 1. The summed E-state index contributed by atoms with van der Waals surface area (Å²) < 4.78 is 13.2. The Morgan fingerprint density at radius 2 is 1.89 bits per heavy atom. The van der Waals surface area contributed by atoms with E-state index in [9.17, 15) is 4.39 Å². The number of benzene rings is 1. The van der Waals surface area contributed by atoms with Gasteiger partial charge in [-0.3, -0.25) is 0 Å². The van der Waals surface area contributed by atoms with Gasteiger partial charge in [-0.25, -0.2) is 4.39 Å². The summed E-state index contributed by atoms with van der Waals surface area (Å²) in [6.07, 6.45) is 6.45. The minimum Gasteiger partial charge on any atom is -0.396 e. The lowest BCUT2D eigenvalue weighted by atomic mass is 10.0. The summed E-state index contributed by atoms with van der Waals surface area (Å²) in [7, 11) is 0. The zero-order valence-corrected chi connectivity index (χ0v) is 12.2. The smallest absolute Gasteiger partial charge is 0.146 e. The van der Waals surface area contributed by atoms with Gasteiger partial charge in [0.1, 0.15) is 5.82 Å². The van der Waals surface area contributed by atoms with Crippen molar-refractivity contribution in [2.24, 2.45) is 5.92 Å². The molecule has 0 saturated heterocycles. The summed E-state index contributed by atoms with van der Waals surface area (Å²) in [5.41, 5.74) is 6.60. The minimum absolute atomic E-state index is 0.217. The minimum atomic E-state index is -0.326. The molecule has 0 bridgehead atoms. The Bertz CT molecular complexity index is 364. The fraction of sp³-hybridized carbons (Fsp3) is 0.625. The third kappa shape index (κ3) is 7.16. The first kappa shape index (κ1) is 16.0. The van der Waals surface area contributed by atoms with Crippen LogP contribution in [0.15, 0.2) is 18.2 Å². The fourth-order valence-corrected chi connectivity index (χ4v) is 2.07. The lowest BCUT2D eigenvalue weighted by molar-refractivity contribution is 0.512. The summed E-state index contributed by atoms with van der Waals surface area (Å²) >= 11 is 0. The molecule has 0 heterocycles. The number of hydrogen-bond acceptors (Lipinski definition) is 2. The summed E-state index contributed by atoms with van der Waals surface area (Å²) in [5, 5.41) is 3.34. The van der Waals surface area contributed by atoms with Crippen molar-refractivity contribution in [3.8, 4) is 0 Å². The van der Waals surface area contributed by atoms with Crippen molar-refractivity contribution in [2.75, 3.05) is 12.3 Å². The highest BCUT2D eigenvalue weighted by Gasteiger charge is 1.99. The van der Waals surface area contributed by atoms with Gasteiger partial charge in [0.2, 0.25) is 0 Å². The van der Waals surface area contributed by atoms with Gasteiger partial charge in [-0.15, -0.1) is 0 Å². The van der Waals surface area contributed by atoms with Crippen molar-refractivity contribution < 1.29 is 4.39 Å². The number of unbranched alkanes of at least 4 members (excludes halogenated alkanes) is 3. The SMILES string of the molecule is CC(C)CCCCCCNCc1ccc(N)c(F)c1. The van der Waals surface area contributed by atoms with Crippen LogP contribution in [0, 0.1) is 11.7 Å². The van der Waals surface area contributed by atoms with E-state index in [4.69, 9.17) is 5.73 Å². The summed E-state index contributed by atoms with van der Waals surface area (Å²) in [6.45, 7) is 6.25. The van der Waals surface area contributed by atoms with Gasteiger partial charge in [0.15, 0.2) is 0 Å². The van der Waals surface area contributed by atoms with Crippen molar-refractivity contribution >= 4 is 5.69 Å². The van der Waals surface area contributed by atoms with Crippen molar-refractivity contribution in [1.82, 2.24) is 5.32 Å². The van der Waals surface area contributed by atoms with Crippen LogP contribution in [-0.2, 0) is 6.54 Å². The predicted molar refractivity (Wildman–Crippen MR) is 80.4 cm³/mol. The van der Waals surface area contributed by atoms with Crippen LogP contribution in [0.5, 0.6) is 0 Å². The van der Waals surface area contributed by atoms with Crippen molar-refractivity contribution in [3.05, 3.63) is 29.6 Å². The van der Waals surface area contributed by atoms with Gasteiger partial charge < -0.3 is 11.1 Å². The lowest BCUT2D eigenvalue weighted by Gasteiger charge is -2.07. The first-order valence-electron chi connectivity index (χ1n) is 7.34. The van der Waals surface area contributed by atoms with Crippen molar-refractivity contribution in [1.29, 1.82) is 0 Å². The van der Waals surface area contributed by atoms with Crippen LogP contribution in [0.25, 0.3) is 0 Å². The zero-order chi connectivity index (χ0) is 14.1. The second-order valence-corrected chi connectivity index (χ2v) is 5.63. The quantitative estimate of drug-likeness (QED) is 0.521. The van der Waals surface area contributed by atoms with Crippen LogP contribution >= 0.6 is 0 Å². The zero-order valence-electron chi connectivity index (χ0n) is 12.2. The average Bonchev–Trinajstić information content (AvgIpc) is 2.36. The molecule has 1 aromatic carbocycles. The second kappa shape index (κ2) is 8.92. The maximum absolute atomic E-state index is 13.2. The highest BCUT2D eigenvalue weighted by Crippen LogP contribution is 2.12. The number of halogens is 1. The molecule has 0 aliphatic rings. The highest BCUT2D eigenvalue weighted by atomic mass is 19.1. The molecule has 0 aliphatic carbocycles. The molecule has 0 aliphatic heterocycles. The van der Waals surface area contributed by atoms with Crippen LogP contribution in [0.1, 0.15) is 51.5 Å². The van der Waals surface area contributed by atoms with Crippen LogP contribution in [0.4, 0.5) is 10.1 Å². The Morgan fingerprint density at radius 3 is 2.58 bits per heavy atom. The van der Waals surface area contributed by atoms with Crippen LogP contribution in [0.2, 0.25) is 0 Å². The number of nitrogen functional groups attached to an aromatic ring is 1. The molecule has 19 heavy (non-hydrogen) atoms. The van der Waals surface area contributed by atoms with E-state index in [1.54, 1.807) is 6.07 Å². The molecule has 0 radical (unpaired) electrons. The molecule has 0 aromatic heterocycles. The summed E-state index contributed by atoms with van der Waals surface area (Å²) in [6, 6.07) is 5.00. The van der Waals surface area contributed by atoms with E-state index >= 15 is 0 Å². The van der Waals surface area contributed by atoms with E-state index in [1.807, 2.05) is 6.07 Å². The fourth-order valence-electron chi connectivity index (χ4n) is 2.07. The molecule has 0 spiro atoms. The standard InChI is InChI=1S/C16H27FN2/c1-13(2)7-5-3-4-6-10-19-12-14-8-9-16(18)15(17)11-14/h8-9,11,13,19H,3-7,10,12,18H2,1-2H3. The Hall–Kier alpha value is -1.09. The Kier molecular flexibility index (Phi) is 7.49. The van der Waals surface area contributed by atoms with Gasteiger partial charge in [-0.2, -0.15) is 0 Å². The third-order valence-electron chi connectivity index (χ3n) is 3.28. The van der Waals surface area contributed by atoms with Gasteiger partial charge in [0.05, 0.1) is 5.69 Å². The van der Waals surface area contributed by atoms with E-state index in [0.717, 1.165) is 18.0 Å². The highest BCUT2D eigenvalue weighted by molar-refractivity contribution is 5.41. The summed E-state index contributed by atoms with van der Waals surface area (Å²) in [5.74, 6) is 0.492. The maximum atomic E-state index is 13.2. The van der Waals surface area contributed by atoms with E-state index in [1.165, 1.54) is 38.2 Å². The molecule has 3 N–H and O–H groups in total. The van der Waals surface area contributed by atoms with Crippen LogP contribution in [-0.4, -0.2) is 6.54 Å². The lowest BCUT2D eigenvalue weighted by Crippen LogP contribution is -2.14. The average molecular weight is 266 g/mol. The molecule has 1 rings (SSSR count). The van der Waals surface area contributed by atoms with Crippen molar-refractivity contribution in [3.63, 3.8) is 0 Å². The van der Waals surface area contributed by atoms with Gasteiger partial charge in [0.25, 0.3) is 0 Å². The Labute approximate surface area is 116 Å². The van der Waals surface area contributed by atoms with E-state index in [-0.39, 0.29) is 11.5 Å². The van der Waals surface area contributed by atoms with E-state index in [0.29, 0.717) is 6.54 Å². The largest absolute Gasteiger partial charge is 0.396 e. The molecule has 0 atom stereocenters. The van der Waals surface area contributed by atoms with Gasteiger partial charge in [-0.1, -0.05) is 45.6 Å². The molecule has 0 unspecified atom stereocenters. The molecule has 0 fully saturated rings. The molecule has 0 saturated carbocycles. The topological polar surface area (TPSA) is 38.0 Å². The Balaban J connectivity index is 2.03. The predicted octanol–water partition coefficient (Wildman–Crippen LogP) is 4.10. The molecule has 2 nitrogen and oxygen atoms in total. The van der Waals surface area contributed by atoms with E-state index in [2.05, 4.69) is 19.2 Å². The van der Waals surface area contributed by atoms with Crippen LogP contribution in [0.3, 0.4) is 0 Å². The van der Waals surface area contributed by atoms with Gasteiger partial charge in [0, 0.05) is 6.54 Å². The summed E-state index contributed by atoms with van der Waals surface area (Å²) in [4.78, 5) is 0. The van der Waals surface area contributed by atoms with Crippen molar-refractivity contribution in [2.45, 2.75) is 52.5 Å². The third-order valence-corrected chi connectivity index (χ3v) is 3.28. The first-order chi connectivity index (χ1) is 9.09. The number of nitrogens with one attached hydrogen (secondary N) is 1. The number of hydrogen-bond donors (Lipinski definition) is 2. The molecular weight excluding hydrogens is 239 g/mol. The second-order valence-electron chi connectivity index (χ2n) is 5.63. The monoisotopic (exact) mass is 266 g/mol. The maximum Gasteiger partial charge on any atom is 0.146 e. The van der Waals surface area contributed by atoms with E-state index < -0.39 is 0 Å². The van der Waals surface area contributed by atoms with Gasteiger partial charge in [-0.05, 0) is 36.6 Å². The van der Waals surface area contributed by atoms with Gasteiger partial charge >= 0.3 is 0 Å². The first-order valence-corrected chi connectivity index (χ1v) is 7.34. The molecule has 3 heteroatoms. The molecule has 108 valence electrons.